The molecule has 0 aliphatic carbocycles. The lowest BCUT2D eigenvalue weighted by Crippen LogP contribution is -2.11. The Hall–Kier alpha value is -2.13. The van der Waals surface area contributed by atoms with Crippen molar-refractivity contribution in [1.82, 2.24) is 5.48 Å². The van der Waals surface area contributed by atoms with Gasteiger partial charge in [0.25, 0.3) is 0 Å². The van der Waals surface area contributed by atoms with Crippen LogP contribution in [0.3, 0.4) is 0 Å². The van der Waals surface area contributed by atoms with Gasteiger partial charge in [0.2, 0.25) is 0 Å². The molecule has 0 amide bonds. The van der Waals surface area contributed by atoms with Gasteiger partial charge in [0.05, 0.1) is 12.3 Å². The van der Waals surface area contributed by atoms with Gasteiger partial charge in [-0.05, 0) is 24.6 Å². The lowest BCUT2D eigenvalue weighted by atomic mass is 10.2. The molecule has 3 nitrogen and oxygen atoms in total. The van der Waals surface area contributed by atoms with Crippen molar-refractivity contribution in [2.75, 3.05) is 0 Å². The minimum atomic E-state index is 0.515. The van der Waals surface area contributed by atoms with Gasteiger partial charge in [-0.3, -0.25) is 10.3 Å². The zero-order chi connectivity index (χ0) is 12.6. The first-order valence-electron chi connectivity index (χ1n) is 5.85. The molecule has 0 unspecified atom stereocenters. The van der Waals surface area contributed by atoms with E-state index in [0.29, 0.717) is 6.61 Å². The molecule has 0 aromatic heterocycles. The lowest BCUT2D eigenvalue weighted by molar-refractivity contribution is 0.0745. The molecule has 0 aliphatic heterocycles. The van der Waals surface area contributed by atoms with Crippen LogP contribution in [0.4, 0.5) is 5.69 Å². The second-order valence-electron chi connectivity index (χ2n) is 3.99. The fraction of sp³-hybridized carbons (Fsp3) is 0.133. The predicted molar refractivity (Wildman–Crippen MR) is 73.7 cm³/mol. The first kappa shape index (κ1) is 12.3. The molecular formula is C15H16N2O. The number of hydrogen-bond acceptors (Lipinski definition) is 2. The highest BCUT2D eigenvalue weighted by atomic mass is 16.6. The molecule has 0 atom stereocenters. The van der Waals surface area contributed by atoms with Crippen LogP contribution in [0.2, 0.25) is 0 Å². The van der Waals surface area contributed by atoms with E-state index in [-0.39, 0.29) is 0 Å². The molecule has 2 aromatic rings. The number of aryl methyl sites for hydroxylation is 1. The molecule has 0 saturated heterocycles. The number of hydrogen-bond donors (Lipinski definition) is 1. The first-order valence-corrected chi connectivity index (χ1v) is 5.85. The molecular weight excluding hydrogens is 224 g/mol. The standard InChI is InChI=1S/C15H16N2O/c1-13-7-9-15(10-8-13)16-12-17-18-11-14-5-3-2-4-6-14/h2-10,12H,11H2,1H3,(H,16,17). The van der Waals surface area contributed by atoms with E-state index in [2.05, 4.69) is 17.4 Å². The van der Waals surface area contributed by atoms with E-state index in [4.69, 9.17) is 4.84 Å². The van der Waals surface area contributed by atoms with Gasteiger partial charge in [-0.1, -0.05) is 48.0 Å². The topological polar surface area (TPSA) is 33.6 Å². The summed E-state index contributed by atoms with van der Waals surface area (Å²) < 4.78 is 0. The highest BCUT2D eigenvalue weighted by Gasteiger charge is 1.89. The Morgan fingerprint density at radius 1 is 1.06 bits per heavy atom. The first-order chi connectivity index (χ1) is 8.84. The SMILES string of the molecule is Cc1ccc(N=CNOCc2ccccc2)cc1. The number of rotatable bonds is 5. The van der Waals surface area contributed by atoms with Crippen molar-refractivity contribution >= 4 is 12.0 Å². The van der Waals surface area contributed by atoms with Gasteiger partial charge in [0.15, 0.2) is 0 Å². The molecule has 0 saturated carbocycles. The number of hydroxylamine groups is 1. The molecule has 0 radical (unpaired) electrons. The molecule has 92 valence electrons. The van der Waals surface area contributed by atoms with Crippen LogP contribution in [-0.4, -0.2) is 6.34 Å². The van der Waals surface area contributed by atoms with Crippen molar-refractivity contribution in [1.29, 1.82) is 0 Å². The zero-order valence-corrected chi connectivity index (χ0v) is 10.3. The number of benzene rings is 2. The van der Waals surface area contributed by atoms with Crippen LogP contribution in [0.25, 0.3) is 0 Å². The number of aliphatic imine (C=N–C) groups is 1. The largest absolute Gasteiger partial charge is 0.270 e. The Kier molecular flexibility index (Phi) is 4.50. The number of nitrogens with zero attached hydrogens (tertiary/aromatic N) is 1. The zero-order valence-electron chi connectivity index (χ0n) is 10.3. The quantitative estimate of drug-likeness (QED) is 0.376. The van der Waals surface area contributed by atoms with Crippen LogP contribution in [0.15, 0.2) is 59.6 Å². The summed E-state index contributed by atoms with van der Waals surface area (Å²) in [6, 6.07) is 18.0. The Morgan fingerprint density at radius 2 is 1.78 bits per heavy atom. The van der Waals surface area contributed by atoms with E-state index >= 15 is 0 Å². The van der Waals surface area contributed by atoms with Gasteiger partial charge in [-0.2, -0.15) is 0 Å². The average molecular weight is 240 g/mol. The summed E-state index contributed by atoms with van der Waals surface area (Å²) in [5, 5.41) is 0. The lowest BCUT2D eigenvalue weighted by Gasteiger charge is -2.02. The van der Waals surface area contributed by atoms with Crippen LogP contribution < -0.4 is 5.48 Å². The highest BCUT2D eigenvalue weighted by Crippen LogP contribution is 2.11. The second kappa shape index (κ2) is 6.57. The van der Waals surface area contributed by atoms with E-state index in [1.54, 1.807) is 6.34 Å². The third kappa shape index (κ3) is 4.03. The van der Waals surface area contributed by atoms with Crippen molar-refractivity contribution in [2.24, 2.45) is 4.99 Å². The maximum atomic E-state index is 5.27. The molecule has 0 spiro atoms. The maximum absolute atomic E-state index is 5.27. The summed E-state index contributed by atoms with van der Waals surface area (Å²) >= 11 is 0. The fourth-order valence-electron chi connectivity index (χ4n) is 1.47. The van der Waals surface area contributed by atoms with E-state index in [0.717, 1.165) is 11.3 Å². The third-order valence-electron chi connectivity index (χ3n) is 2.47. The summed E-state index contributed by atoms with van der Waals surface area (Å²) in [5.41, 5.74) is 5.95. The number of nitrogens with one attached hydrogen (secondary N) is 1. The van der Waals surface area contributed by atoms with E-state index < -0.39 is 0 Å². The van der Waals surface area contributed by atoms with Gasteiger partial charge in [-0.25, -0.2) is 4.99 Å². The predicted octanol–water partition coefficient (Wildman–Crippen LogP) is 3.38. The summed E-state index contributed by atoms with van der Waals surface area (Å²) in [4.78, 5) is 9.48. The smallest absolute Gasteiger partial charge is 0.113 e. The van der Waals surface area contributed by atoms with Crippen LogP contribution in [-0.2, 0) is 11.4 Å². The van der Waals surface area contributed by atoms with E-state index in [9.17, 15) is 0 Å². The Bertz CT molecular complexity index is 492. The molecule has 2 rings (SSSR count). The second-order valence-corrected chi connectivity index (χ2v) is 3.99. The summed E-state index contributed by atoms with van der Waals surface area (Å²) in [6.45, 7) is 2.56. The normalized spacial score (nSPS) is 10.7. The third-order valence-corrected chi connectivity index (χ3v) is 2.47. The molecule has 3 heteroatoms. The van der Waals surface area contributed by atoms with Crippen molar-refractivity contribution in [3.8, 4) is 0 Å². The minimum Gasteiger partial charge on any atom is -0.270 e. The molecule has 2 aromatic carbocycles. The highest BCUT2D eigenvalue weighted by molar-refractivity contribution is 5.59. The van der Waals surface area contributed by atoms with Gasteiger partial charge >= 0.3 is 0 Å². The Morgan fingerprint density at radius 3 is 2.50 bits per heavy atom. The molecule has 0 fully saturated rings. The monoisotopic (exact) mass is 240 g/mol. The van der Waals surface area contributed by atoms with E-state index in [1.165, 1.54) is 5.56 Å². The van der Waals surface area contributed by atoms with Gasteiger partial charge in [0.1, 0.15) is 6.34 Å². The maximum Gasteiger partial charge on any atom is 0.113 e. The molecule has 0 heterocycles. The summed E-state index contributed by atoms with van der Waals surface area (Å²) in [6.07, 6.45) is 1.55. The van der Waals surface area contributed by atoms with Gasteiger partial charge in [0, 0.05) is 0 Å². The van der Waals surface area contributed by atoms with Crippen molar-refractivity contribution in [3.63, 3.8) is 0 Å². The van der Waals surface area contributed by atoms with Crippen molar-refractivity contribution in [2.45, 2.75) is 13.5 Å². The van der Waals surface area contributed by atoms with Crippen molar-refractivity contribution in [3.05, 3.63) is 65.7 Å². The Balaban J connectivity index is 1.74. The molecule has 0 aliphatic rings. The fourth-order valence-corrected chi connectivity index (χ4v) is 1.47. The summed E-state index contributed by atoms with van der Waals surface area (Å²) in [7, 11) is 0. The average Bonchev–Trinajstić information content (AvgIpc) is 2.42. The molecule has 1 N–H and O–H groups in total. The van der Waals surface area contributed by atoms with E-state index in [1.807, 2.05) is 54.6 Å². The van der Waals surface area contributed by atoms with Crippen LogP contribution >= 0.6 is 0 Å². The van der Waals surface area contributed by atoms with Gasteiger partial charge < -0.3 is 0 Å². The van der Waals surface area contributed by atoms with Crippen molar-refractivity contribution < 1.29 is 4.84 Å². The molecule has 18 heavy (non-hydrogen) atoms. The summed E-state index contributed by atoms with van der Waals surface area (Å²) in [5.74, 6) is 0. The Labute approximate surface area is 107 Å². The van der Waals surface area contributed by atoms with Crippen LogP contribution in [0.1, 0.15) is 11.1 Å². The minimum absolute atomic E-state index is 0.515. The van der Waals surface area contributed by atoms with Crippen LogP contribution in [0, 0.1) is 6.92 Å². The molecule has 0 bridgehead atoms. The van der Waals surface area contributed by atoms with Gasteiger partial charge in [-0.15, -0.1) is 0 Å². The van der Waals surface area contributed by atoms with Crippen LogP contribution in [0.5, 0.6) is 0 Å².